The van der Waals surface area contributed by atoms with Crippen LogP contribution in [0, 0.1) is 11.6 Å². The molecule has 1 aromatic carbocycles. The van der Waals surface area contributed by atoms with E-state index in [-0.39, 0.29) is 24.7 Å². The van der Waals surface area contributed by atoms with E-state index in [1.807, 2.05) is 0 Å². The van der Waals surface area contributed by atoms with Gasteiger partial charge in [-0.25, -0.2) is 13.6 Å². The number of aliphatic hydroxyl groups is 1. The van der Waals surface area contributed by atoms with E-state index in [1.54, 1.807) is 0 Å². The molecular formula is C12H14ClF2NO3. The quantitative estimate of drug-likeness (QED) is 0.623. The summed E-state index contributed by atoms with van der Waals surface area (Å²) >= 11 is 5.38. The van der Waals surface area contributed by atoms with Gasteiger partial charge in [0.25, 0.3) is 0 Å². The van der Waals surface area contributed by atoms with Crippen LogP contribution >= 0.6 is 11.6 Å². The third kappa shape index (κ3) is 4.33. The number of carbonyl (C=O) groups excluding carboxylic acids is 1. The van der Waals surface area contributed by atoms with Crippen LogP contribution in [0.15, 0.2) is 12.1 Å². The van der Waals surface area contributed by atoms with Crippen molar-refractivity contribution in [2.75, 3.05) is 24.3 Å². The second-order valence-electron chi connectivity index (χ2n) is 3.72. The number of benzene rings is 1. The summed E-state index contributed by atoms with van der Waals surface area (Å²) in [6.07, 6.45) is -0.836. The Morgan fingerprint density at radius 3 is 2.53 bits per heavy atom. The van der Waals surface area contributed by atoms with Gasteiger partial charge >= 0.3 is 5.97 Å². The average Bonchev–Trinajstić information content (AvgIpc) is 2.35. The summed E-state index contributed by atoms with van der Waals surface area (Å²) in [5.41, 5.74) is -0.627. The molecule has 0 fully saturated rings. The fourth-order valence-electron chi connectivity index (χ4n) is 1.36. The number of aliphatic hydroxyl groups excluding tert-OH is 1. The number of hydrogen-bond acceptors (Lipinski definition) is 4. The maximum Gasteiger partial charge on any atom is 0.344 e. The Morgan fingerprint density at radius 2 is 2.05 bits per heavy atom. The van der Waals surface area contributed by atoms with Crippen molar-refractivity contribution in [3.8, 4) is 0 Å². The Hall–Kier alpha value is -1.40. The number of alkyl halides is 1. The summed E-state index contributed by atoms with van der Waals surface area (Å²) in [4.78, 5) is 11.3. The van der Waals surface area contributed by atoms with Crippen LogP contribution in [0.4, 0.5) is 14.5 Å². The highest BCUT2D eigenvalue weighted by atomic mass is 35.5. The zero-order valence-corrected chi connectivity index (χ0v) is 11.0. The third-order valence-corrected chi connectivity index (χ3v) is 2.60. The molecule has 2 N–H and O–H groups in total. The van der Waals surface area contributed by atoms with Gasteiger partial charge in [-0.05, 0) is 19.1 Å². The molecule has 1 aromatic rings. The van der Waals surface area contributed by atoms with E-state index in [9.17, 15) is 18.7 Å². The Balaban J connectivity index is 2.87. The first kappa shape index (κ1) is 15.7. The lowest BCUT2D eigenvalue weighted by Gasteiger charge is -2.11. The van der Waals surface area contributed by atoms with Gasteiger partial charge < -0.3 is 15.2 Å². The van der Waals surface area contributed by atoms with Gasteiger partial charge in [0.05, 0.1) is 18.6 Å². The van der Waals surface area contributed by atoms with Crippen molar-refractivity contribution in [3.63, 3.8) is 0 Å². The van der Waals surface area contributed by atoms with Crippen LogP contribution < -0.4 is 5.32 Å². The smallest absolute Gasteiger partial charge is 0.344 e. The number of rotatable bonds is 6. The van der Waals surface area contributed by atoms with Crippen LogP contribution in [0.2, 0.25) is 0 Å². The molecule has 0 aliphatic rings. The van der Waals surface area contributed by atoms with Crippen molar-refractivity contribution in [1.82, 2.24) is 0 Å². The maximum atomic E-state index is 13.6. The van der Waals surface area contributed by atoms with Gasteiger partial charge in [0.1, 0.15) is 17.2 Å². The number of hydrogen-bond donors (Lipinski definition) is 2. The lowest BCUT2D eigenvalue weighted by Crippen LogP contribution is -2.21. The monoisotopic (exact) mass is 293 g/mol. The summed E-state index contributed by atoms with van der Waals surface area (Å²) in [7, 11) is 0. The van der Waals surface area contributed by atoms with E-state index in [0.29, 0.717) is 0 Å². The molecule has 0 aromatic heterocycles. The summed E-state index contributed by atoms with van der Waals surface area (Å²) in [5.74, 6) is -3.11. The van der Waals surface area contributed by atoms with E-state index >= 15 is 0 Å². The summed E-state index contributed by atoms with van der Waals surface area (Å²) < 4.78 is 31.8. The largest absolute Gasteiger partial charge is 0.462 e. The Labute approximate surface area is 114 Å². The van der Waals surface area contributed by atoms with Crippen LogP contribution in [0.3, 0.4) is 0 Å². The minimum atomic E-state index is -1.05. The van der Waals surface area contributed by atoms with Crippen molar-refractivity contribution in [2.24, 2.45) is 0 Å². The Morgan fingerprint density at radius 1 is 1.47 bits per heavy atom. The van der Waals surface area contributed by atoms with Crippen molar-refractivity contribution in [2.45, 2.75) is 13.0 Å². The van der Waals surface area contributed by atoms with E-state index in [2.05, 4.69) is 10.1 Å². The van der Waals surface area contributed by atoms with Gasteiger partial charge in [-0.3, -0.25) is 0 Å². The fourth-order valence-corrected chi connectivity index (χ4v) is 1.47. The molecule has 0 heterocycles. The topological polar surface area (TPSA) is 58.6 Å². The number of esters is 1. The Kier molecular flexibility index (Phi) is 5.98. The number of ether oxygens (including phenoxy) is 1. The first-order valence-corrected chi connectivity index (χ1v) is 6.17. The zero-order chi connectivity index (χ0) is 14.4. The van der Waals surface area contributed by atoms with E-state index < -0.39 is 29.3 Å². The van der Waals surface area contributed by atoms with Gasteiger partial charge in [-0.1, -0.05) is 0 Å². The summed E-state index contributed by atoms with van der Waals surface area (Å²) in [6, 6.07) is 1.91. The van der Waals surface area contributed by atoms with Crippen molar-refractivity contribution >= 4 is 23.3 Å². The molecule has 0 saturated heterocycles. The van der Waals surface area contributed by atoms with Gasteiger partial charge in [0.2, 0.25) is 0 Å². The second kappa shape index (κ2) is 7.25. The van der Waals surface area contributed by atoms with E-state index in [0.717, 1.165) is 12.1 Å². The predicted molar refractivity (Wildman–Crippen MR) is 67.5 cm³/mol. The van der Waals surface area contributed by atoms with Crippen molar-refractivity contribution in [1.29, 1.82) is 0 Å². The van der Waals surface area contributed by atoms with E-state index in [1.165, 1.54) is 6.92 Å². The van der Waals surface area contributed by atoms with Gasteiger partial charge in [0, 0.05) is 12.2 Å². The molecule has 1 atom stereocenters. The van der Waals surface area contributed by atoms with Crippen LogP contribution in [-0.4, -0.2) is 36.2 Å². The molecule has 0 spiro atoms. The fraction of sp³-hybridized carbons (Fsp3) is 0.417. The molecule has 0 aliphatic heterocycles. The molecule has 106 valence electrons. The molecule has 1 unspecified atom stereocenters. The highest BCUT2D eigenvalue weighted by Gasteiger charge is 2.19. The molecule has 0 bridgehead atoms. The van der Waals surface area contributed by atoms with Crippen LogP contribution in [0.1, 0.15) is 17.3 Å². The van der Waals surface area contributed by atoms with Gasteiger partial charge in [0.15, 0.2) is 0 Å². The normalized spacial score (nSPS) is 12.1. The SMILES string of the molecule is CCOC(=O)c1c(F)cc(NCC(O)CCl)cc1F. The van der Waals surface area contributed by atoms with Crippen LogP contribution in [-0.2, 0) is 4.74 Å². The molecule has 0 radical (unpaired) electrons. The molecule has 1 rings (SSSR count). The summed E-state index contributed by atoms with van der Waals surface area (Å²) in [6.45, 7) is 1.61. The predicted octanol–water partition coefficient (Wildman–Crippen LogP) is 2.15. The first-order valence-electron chi connectivity index (χ1n) is 5.63. The highest BCUT2D eigenvalue weighted by Crippen LogP contribution is 2.20. The van der Waals surface area contributed by atoms with E-state index in [4.69, 9.17) is 11.6 Å². The molecular weight excluding hydrogens is 280 g/mol. The standard InChI is InChI=1S/C12H14ClF2NO3/c1-2-19-12(18)11-9(14)3-7(4-10(11)15)16-6-8(17)5-13/h3-4,8,16-17H,2,5-6H2,1H3. The lowest BCUT2D eigenvalue weighted by molar-refractivity contribution is 0.0515. The molecule has 19 heavy (non-hydrogen) atoms. The van der Waals surface area contributed by atoms with Crippen molar-refractivity contribution < 1.29 is 23.4 Å². The molecule has 0 saturated carbocycles. The van der Waals surface area contributed by atoms with Gasteiger partial charge in [-0.15, -0.1) is 11.6 Å². The number of halogens is 3. The molecule has 7 heteroatoms. The maximum absolute atomic E-state index is 13.6. The van der Waals surface area contributed by atoms with Crippen molar-refractivity contribution in [3.05, 3.63) is 29.3 Å². The molecule has 4 nitrogen and oxygen atoms in total. The number of carbonyl (C=O) groups is 1. The molecule has 0 aliphatic carbocycles. The lowest BCUT2D eigenvalue weighted by atomic mass is 10.1. The average molecular weight is 294 g/mol. The van der Waals surface area contributed by atoms with Gasteiger partial charge in [-0.2, -0.15) is 0 Å². The molecule has 0 amide bonds. The minimum absolute atomic E-state index is 0.00112. The third-order valence-electron chi connectivity index (χ3n) is 2.24. The highest BCUT2D eigenvalue weighted by molar-refractivity contribution is 6.18. The Bertz CT molecular complexity index is 434. The first-order chi connectivity index (χ1) is 8.99. The number of nitrogens with one attached hydrogen (secondary N) is 1. The second-order valence-corrected chi connectivity index (χ2v) is 4.03. The zero-order valence-electron chi connectivity index (χ0n) is 10.3. The van der Waals surface area contributed by atoms with Crippen LogP contribution in [0.5, 0.6) is 0 Å². The summed E-state index contributed by atoms with van der Waals surface area (Å²) in [5, 5.41) is 11.8. The number of anilines is 1. The van der Waals surface area contributed by atoms with Crippen LogP contribution in [0.25, 0.3) is 0 Å². The minimum Gasteiger partial charge on any atom is -0.462 e.